The van der Waals surface area contributed by atoms with E-state index in [1.807, 2.05) is 6.20 Å². The lowest BCUT2D eigenvalue weighted by atomic mass is 10.0. The molecule has 0 aliphatic rings. The number of ether oxygens (including phenoxy) is 1. The number of carbonyl (C=O) groups excluding carboxylic acids is 1. The number of esters is 1. The summed E-state index contributed by atoms with van der Waals surface area (Å²) in [5.74, 6) is -0.230. The second kappa shape index (κ2) is 6.09. The lowest BCUT2D eigenvalue weighted by molar-refractivity contribution is -0.139. The molecule has 0 fully saturated rings. The molecule has 0 unspecified atom stereocenters. The third kappa shape index (κ3) is 2.85. The zero-order chi connectivity index (χ0) is 14.7. The van der Waals surface area contributed by atoms with Crippen molar-refractivity contribution >= 4 is 16.9 Å². The van der Waals surface area contributed by atoms with E-state index in [0.717, 1.165) is 23.0 Å². The lowest BCUT2D eigenvalue weighted by Crippen LogP contribution is -2.04. The van der Waals surface area contributed by atoms with E-state index in [1.54, 1.807) is 0 Å². The summed E-state index contributed by atoms with van der Waals surface area (Å²) in [6, 6.07) is 4.25. The summed E-state index contributed by atoms with van der Waals surface area (Å²) in [5.41, 5.74) is 4.47. The quantitative estimate of drug-likeness (QED) is 0.852. The van der Waals surface area contributed by atoms with Gasteiger partial charge in [0.25, 0.3) is 0 Å². The molecule has 1 N–H and O–H groups in total. The van der Waals surface area contributed by atoms with E-state index in [2.05, 4.69) is 30.5 Å². The van der Waals surface area contributed by atoms with Crippen molar-refractivity contribution in [2.24, 2.45) is 0 Å². The summed E-state index contributed by atoms with van der Waals surface area (Å²) in [7, 11) is 1.41. The number of aliphatic hydroxyl groups excluding tert-OH is 1. The van der Waals surface area contributed by atoms with Crippen molar-refractivity contribution in [3.05, 3.63) is 35.0 Å². The van der Waals surface area contributed by atoms with Gasteiger partial charge in [-0.25, -0.2) is 0 Å². The van der Waals surface area contributed by atoms with Crippen molar-refractivity contribution < 1.29 is 14.6 Å². The Bertz CT molecular complexity index is 628. The monoisotopic (exact) mass is 275 g/mol. The first-order chi connectivity index (χ1) is 9.56. The Kier molecular flexibility index (Phi) is 4.45. The maximum Gasteiger partial charge on any atom is 0.310 e. The second-order valence-corrected chi connectivity index (χ2v) is 5.15. The van der Waals surface area contributed by atoms with Crippen LogP contribution in [0.15, 0.2) is 18.3 Å². The summed E-state index contributed by atoms with van der Waals surface area (Å²) < 4.78 is 6.88. The Balaban J connectivity index is 2.54. The molecular formula is C16H21NO3. The summed E-state index contributed by atoms with van der Waals surface area (Å²) in [6.07, 6.45) is 2.99. The Morgan fingerprint density at radius 2 is 2.10 bits per heavy atom. The standard InChI is InChI=1S/C16H21NO3/c1-11-7-12(2)16-13(9-15(19)20-3)10-17(5-4-6-18)14(16)8-11/h7-8,10,18H,4-6,9H2,1-3H3. The fraction of sp³-hybridized carbons (Fsp3) is 0.438. The van der Waals surface area contributed by atoms with Crippen LogP contribution in [-0.2, 0) is 22.5 Å². The molecule has 1 aromatic heterocycles. The molecule has 0 amide bonds. The zero-order valence-corrected chi connectivity index (χ0v) is 12.3. The predicted molar refractivity (Wildman–Crippen MR) is 78.8 cm³/mol. The number of benzene rings is 1. The molecule has 0 bridgehead atoms. The van der Waals surface area contributed by atoms with Gasteiger partial charge < -0.3 is 14.4 Å². The first-order valence-electron chi connectivity index (χ1n) is 6.83. The zero-order valence-electron chi connectivity index (χ0n) is 12.3. The molecule has 2 aromatic rings. The normalized spacial score (nSPS) is 11.0. The van der Waals surface area contributed by atoms with Gasteiger partial charge in [0.2, 0.25) is 0 Å². The summed E-state index contributed by atoms with van der Waals surface area (Å²) in [6.45, 7) is 5.04. The highest BCUT2D eigenvalue weighted by atomic mass is 16.5. The smallest absolute Gasteiger partial charge is 0.310 e. The molecule has 0 spiro atoms. The van der Waals surface area contributed by atoms with Crippen LogP contribution in [0.4, 0.5) is 0 Å². The van der Waals surface area contributed by atoms with Crippen molar-refractivity contribution in [3.8, 4) is 0 Å². The van der Waals surface area contributed by atoms with Crippen LogP contribution in [-0.4, -0.2) is 29.4 Å². The van der Waals surface area contributed by atoms with Gasteiger partial charge in [0.15, 0.2) is 0 Å². The van der Waals surface area contributed by atoms with Crippen molar-refractivity contribution in [1.82, 2.24) is 4.57 Å². The fourth-order valence-electron chi connectivity index (χ4n) is 2.70. The first kappa shape index (κ1) is 14.6. The summed E-state index contributed by atoms with van der Waals surface area (Å²) >= 11 is 0. The van der Waals surface area contributed by atoms with Crippen LogP contribution in [0, 0.1) is 13.8 Å². The number of aliphatic hydroxyl groups is 1. The average Bonchev–Trinajstić information content (AvgIpc) is 2.74. The minimum Gasteiger partial charge on any atom is -0.469 e. The highest BCUT2D eigenvalue weighted by molar-refractivity contribution is 5.91. The largest absolute Gasteiger partial charge is 0.469 e. The average molecular weight is 275 g/mol. The molecule has 1 heterocycles. The van der Waals surface area contributed by atoms with E-state index in [9.17, 15) is 4.79 Å². The number of aryl methyl sites for hydroxylation is 3. The van der Waals surface area contributed by atoms with Crippen LogP contribution in [0.25, 0.3) is 10.9 Å². The van der Waals surface area contributed by atoms with Crippen LogP contribution in [0.2, 0.25) is 0 Å². The summed E-state index contributed by atoms with van der Waals surface area (Å²) in [5, 5.41) is 10.1. The number of nitrogens with zero attached hydrogens (tertiary/aromatic N) is 1. The molecule has 4 nitrogen and oxygen atoms in total. The third-order valence-corrected chi connectivity index (χ3v) is 3.52. The maximum atomic E-state index is 11.6. The van der Waals surface area contributed by atoms with Gasteiger partial charge in [-0.2, -0.15) is 0 Å². The lowest BCUT2D eigenvalue weighted by Gasteiger charge is -2.06. The van der Waals surface area contributed by atoms with Crippen LogP contribution >= 0.6 is 0 Å². The van der Waals surface area contributed by atoms with E-state index in [4.69, 9.17) is 9.84 Å². The van der Waals surface area contributed by atoms with Gasteiger partial charge in [-0.3, -0.25) is 4.79 Å². The molecule has 108 valence electrons. The number of methoxy groups -OCH3 is 1. The molecular weight excluding hydrogens is 254 g/mol. The minimum atomic E-state index is -0.230. The van der Waals surface area contributed by atoms with Gasteiger partial charge in [-0.15, -0.1) is 0 Å². The van der Waals surface area contributed by atoms with E-state index in [1.165, 1.54) is 18.2 Å². The highest BCUT2D eigenvalue weighted by Gasteiger charge is 2.14. The Morgan fingerprint density at radius 1 is 1.35 bits per heavy atom. The van der Waals surface area contributed by atoms with Crippen molar-refractivity contribution in [2.75, 3.05) is 13.7 Å². The maximum absolute atomic E-state index is 11.6. The van der Waals surface area contributed by atoms with Gasteiger partial charge >= 0.3 is 5.97 Å². The van der Waals surface area contributed by atoms with Crippen LogP contribution in [0.5, 0.6) is 0 Å². The van der Waals surface area contributed by atoms with Crippen molar-refractivity contribution in [2.45, 2.75) is 33.2 Å². The van der Waals surface area contributed by atoms with Crippen molar-refractivity contribution in [1.29, 1.82) is 0 Å². The van der Waals surface area contributed by atoms with Gasteiger partial charge in [-0.1, -0.05) is 6.07 Å². The topological polar surface area (TPSA) is 51.5 Å². The molecule has 0 radical (unpaired) electrons. The molecule has 20 heavy (non-hydrogen) atoms. The highest BCUT2D eigenvalue weighted by Crippen LogP contribution is 2.27. The van der Waals surface area contributed by atoms with Crippen LogP contribution in [0.1, 0.15) is 23.1 Å². The van der Waals surface area contributed by atoms with Crippen LogP contribution in [0.3, 0.4) is 0 Å². The number of hydrogen-bond donors (Lipinski definition) is 1. The predicted octanol–water partition coefficient (Wildman–Crippen LogP) is 2.36. The van der Waals surface area contributed by atoms with Crippen LogP contribution < -0.4 is 0 Å². The Hall–Kier alpha value is -1.81. The third-order valence-electron chi connectivity index (χ3n) is 3.52. The molecule has 0 aliphatic heterocycles. The van der Waals surface area contributed by atoms with Gasteiger partial charge in [0.1, 0.15) is 0 Å². The second-order valence-electron chi connectivity index (χ2n) is 5.15. The Morgan fingerprint density at radius 3 is 2.75 bits per heavy atom. The number of carbonyl (C=O) groups is 1. The van der Waals surface area contributed by atoms with E-state index in [0.29, 0.717) is 6.42 Å². The number of fused-ring (bicyclic) bond motifs is 1. The molecule has 2 rings (SSSR count). The van der Waals surface area contributed by atoms with Gasteiger partial charge in [0.05, 0.1) is 13.5 Å². The van der Waals surface area contributed by atoms with E-state index >= 15 is 0 Å². The molecule has 1 aromatic carbocycles. The van der Waals surface area contributed by atoms with Crippen molar-refractivity contribution in [3.63, 3.8) is 0 Å². The molecule has 0 saturated carbocycles. The van der Waals surface area contributed by atoms with Gasteiger partial charge in [0, 0.05) is 30.3 Å². The minimum absolute atomic E-state index is 0.163. The molecule has 0 saturated heterocycles. The van der Waals surface area contributed by atoms with E-state index < -0.39 is 0 Å². The fourth-order valence-corrected chi connectivity index (χ4v) is 2.70. The number of hydrogen-bond acceptors (Lipinski definition) is 3. The first-order valence-corrected chi connectivity index (χ1v) is 6.83. The molecule has 0 aliphatic carbocycles. The molecule has 4 heteroatoms. The van der Waals surface area contributed by atoms with E-state index in [-0.39, 0.29) is 19.0 Å². The SMILES string of the molecule is COC(=O)Cc1cn(CCCO)c2cc(C)cc(C)c12. The van der Waals surface area contributed by atoms with Gasteiger partial charge in [-0.05, 0) is 43.0 Å². The Labute approximate surface area is 119 Å². The number of rotatable bonds is 5. The number of aromatic nitrogens is 1. The summed E-state index contributed by atoms with van der Waals surface area (Å²) in [4.78, 5) is 11.6. The molecule has 0 atom stereocenters.